The van der Waals surface area contributed by atoms with E-state index in [9.17, 15) is 4.79 Å². The summed E-state index contributed by atoms with van der Waals surface area (Å²) in [6.45, 7) is 0.425. The maximum atomic E-state index is 13.2. The van der Waals surface area contributed by atoms with Crippen molar-refractivity contribution in [2.45, 2.75) is 19.4 Å². The fourth-order valence-corrected chi connectivity index (χ4v) is 4.70. The van der Waals surface area contributed by atoms with E-state index in [0.29, 0.717) is 18.1 Å². The molecule has 6 aromatic rings. The summed E-state index contributed by atoms with van der Waals surface area (Å²) in [5.41, 5.74) is 5.80. The molecular weight excluding hydrogens is 472 g/mol. The molecule has 186 valence electrons. The van der Waals surface area contributed by atoms with Crippen LogP contribution >= 0.6 is 0 Å². The predicted octanol–water partition coefficient (Wildman–Crippen LogP) is 5.82. The van der Waals surface area contributed by atoms with Crippen molar-refractivity contribution in [3.8, 4) is 0 Å². The van der Waals surface area contributed by atoms with Gasteiger partial charge in [0.15, 0.2) is 0 Å². The lowest BCUT2D eigenvalue weighted by Crippen LogP contribution is -2.22. The summed E-state index contributed by atoms with van der Waals surface area (Å²) < 4.78 is 1.74. The van der Waals surface area contributed by atoms with E-state index in [-0.39, 0.29) is 5.56 Å². The molecule has 3 heterocycles. The summed E-state index contributed by atoms with van der Waals surface area (Å²) in [5, 5.41) is 7.78. The Hall–Kier alpha value is -5.04. The number of hydrogen-bond acceptors (Lipinski definition) is 5. The van der Waals surface area contributed by atoms with Crippen LogP contribution < -0.4 is 10.5 Å². The van der Waals surface area contributed by atoms with E-state index in [1.165, 1.54) is 11.1 Å². The molecule has 3 aromatic heterocycles. The second kappa shape index (κ2) is 10.5. The molecule has 3 aromatic carbocycles. The number of aromatic nitrogens is 5. The highest BCUT2D eigenvalue weighted by Crippen LogP contribution is 2.31. The molecule has 0 saturated heterocycles. The normalized spacial score (nSPS) is 11.1. The summed E-state index contributed by atoms with van der Waals surface area (Å²) in [7, 11) is 0. The van der Waals surface area contributed by atoms with Crippen LogP contribution in [0.2, 0.25) is 0 Å². The first-order valence-electron chi connectivity index (χ1n) is 12.6. The Morgan fingerprint density at radius 3 is 2.24 bits per heavy atom. The van der Waals surface area contributed by atoms with Crippen molar-refractivity contribution < 1.29 is 0 Å². The number of pyridine rings is 1. The van der Waals surface area contributed by atoms with E-state index >= 15 is 0 Å². The van der Waals surface area contributed by atoms with Gasteiger partial charge in [-0.05, 0) is 47.7 Å². The van der Waals surface area contributed by atoms with Crippen LogP contribution in [-0.4, -0.2) is 24.7 Å². The van der Waals surface area contributed by atoms with Crippen LogP contribution in [0.15, 0.2) is 120 Å². The lowest BCUT2D eigenvalue weighted by atomic mass is 9.99. The number of aromatic amines is 1. The predicted molar refractivity (Wildman–Crippen MR) is 150 cm³/mol. The van der Waals surface area contributed by atoms with Gasteiger partial charge in [0.1, 0.15) is 5.65 Å². The highest BCUT2D eigenvalue weighted by atomic mass is 16.1. The largest absolute Gasteiger partial charge is 0.288 e. The molecule has 0 saturated carbocycles. The van der Waals surface area contributed by atoms with Crippen LogP contribution in [0, 0.1) is 0 Å². The number of H-pyrrole nitrogens is 1. The zero-order valence-electron chi connectivity index (χ0n) is 20.7. The highest BCUT2D eigenvalue weighted by Gasteiger charge is 2.18. The van der Waals surface area contributed by atoms with Gasteiger partial charge in [-0.2, -0.15) is 10.1 Å². The first-order chi connectivity index (χ1) is 18.8. The molecule has 6 rings (SSSR count). The Morgan fingerprint density at radius 2 is 1.47 bits per heavy atom. The Kier molecular flexibility index (Phi) is 6.47. The third-order valence-electron chi connectivity index (χ3n) is 6.64. The molecule has 0 atom stereocenters. The Balaban J connectivity index is 1.40. The van der Waals surface area contributed by atoms with Crippen molar-refractivity contribution in [1.29, 1.82) is 0 Å². The molecule has 0 fully saturated rings. The number of fused-ring (bicyclic) bond motifs is 1. The van der Waals surface area contributed by atoms with Gasteiger partial charge >= 0.3 is 0 Å². The van der Waals surface area contributed by atoms with E-state index in [1.54, 1.807) is 35.3 Å². The molecule has 0 radical (unpaired) electrons. The minimum absolute atomic E-state index is 0.102. The Morgan fingerprint density at radius 1 is 0.737 bits per heavy atom. The second-order valence-corrected chi connectivity index (χ2v) is 9.09. The molecule has 38 heavy (non-hydrogen) atoms. The number of nitrogens with zero attached hydrogens (tertiary/aromatic N) is 5. The van der Waals surface area contributed by atoms with E-state index in [2.05, 4.69) is 57.6 Å². The van der Waals surface area contributed by atoms with Crippen molar-refractivity contribution in [3.63, 3.8) is 0 Å². The Labute approximate surface area is 220 Å². The number of aryl methyl sites for hydroxylation is 2. The standard InChI is InChI=1S/C31H26N6O/c38-29-18-17-25-19-32-31(37(28-20-33-34-21-28)27-13-5-2-6-14-27)35-30(25)36(29)22-26-12-8-7-11-24(26)16-15-23-9-3-1-4-10-23/h1-14,17-21H,15-16,22H2,(H,33,34). The van der Waals surface area contributed by atoms with Crippen LogP contribution in [0.4, 0.5) is 17.3 Å². The third-order valence-corrected chi connectivity index (χ3v) is 6.64. The topological polar surface area (TPSA) is 79.7 Å². The number of para-hydroxylation sites is 1. The highest BCUT2D eigenvalue weighted by molar-refractivity contribution is 5.78. The van der Waals surface area contributed by atoms with Crippen LogP contribution in [0.1, 0.15) is 16.7 Å². The molecule has 0 amide bonds. The average molecular weight is 499 g/mol. The maximum Gasteiger partial charge on any atom is 0.252 e. The second-order valence-electron chi connectivity index (χ2n) is 9.09. The number of hydrogen-bond donors (Lipinski definition) is 1. The van der Waals surface area contributed by atoms with Gasteiger partial charge in [-0.25, -0.2) is 4.98 Å². The zero-order valence-corrected chi connectivity index (χ0v) is 20.7. The van der Waals surface area contributed by atoms with Gasteiger partial charge in [-0.1, -0.05) is 72.8 Å². The van der Waals surface area contributed by atoms with E-state index < -0.39 is 0 Å². The molecule has 0 aliphatic heterocycles. The summed E-state index contributed by atoms with van der Waals surface area (Å²) in [4.78, 5) is 24.7. The van der Waals surface area contributed by atoms with Crippen molar-refractivity contribution >= 4 is 28.4 Å². The smallest absolute Gasteiger partial charge is 0.252 e. The van der Waals surface area contributed by atoms with Gasteiger partial charge in [-0.3, -0.25) is 19.4 Å². The third kappa shape index (κ3) is 4.82. The molecule has 7 nitrogen and oxygen atoms in total. The van der Waals surface area contributed by atoms with E-state index in [0.717, 1.165) is 35.2 Å². The Bertz CT molecular complexity index is 1710. The van der Waals surface area contributed by atoms with Crippen molar-refractivity contribution in [2.75, 3.05) is 4.90 Å². The maximum absolute atomic E-state index is 13.2. The van der Waals surface area contributed by atoms with Gasteiger partial charge in [0.25, 0.3) is 5.56 Å². The minimum atomic E-state index is -0.102. The summed E-state index contributed by atoms with van der Waals surface area (Å²) in [5.74, 6) is 0.460. The summed E-state index contributed by atoms with van der Waals surface area (Å²) in [6, 6.07) is 32.0. The van der Waals surface area contributed by atoms with E-state index in [4.69, 9.17) is 4.98 Å². The fraction of sp³-hybridized carbons (Fsp3) is 0.0968. The molecule has 0 bridgehead atoms. The molecule has 0 spiro atoms. The van der Waals surface area contributed by atoms with Crippen molar-refractivity contribution in [1.82, 2.24) is 24.7 Å². The molecule has 0 aliphatic rings. The number of nitrogens with one attached hydrogen (secondary N) is 1. The van der Waals surface area contributed by atoms with Crippen molar-refractivity contribution in [2.24, 2.45) is 0 Å². The van der Waals surface area contributed by atoms with Gasteiger partial charge in [-0.15, -0.1) is 0 Å². The van der Waals surface area contributed by atoms with Crippen LogP contribution in [-0.2, 0) is 19.4 Å². The summed E-state index contributed by atoms with van der Waals surface area (Å²) >= 11 is 0. The molecular formula is C31H26N6O. The lowest BCUT2D eigenvalue weighted by molar-refractivity contribution is 0.767. The number of rotatable bonds is 8. The molecule has 1 N–H and O–H groups in total. The van der Waals surface area contributed by atoms with Crippen LogP contribution in [0.25, 0.3) is 11.0 Å². The van der Waals surface area contributed by atoms with Gasteiger partial charge in [0.2, 0.25) is 5.95 Å². The first kappa shape index (κ1) is 23.4. The first-order valence-corrected chi connectivity index (χ1v) is 12.6. The molecule has 0 unspecified atom stereocenters. The molecule has 0 aliphatic carbocycles. The molecule has 7 heteroatoms. The van der Waals surface area contributed by atoms with Gasteiger partial charge in [0.05, 0.1) is 18.4 Å². The SMILES string of the molecule is O=c1ccc2cnc(N(c3ccccc3)c3cn[nH]c3)nc2n1Cc1ccccc1CCc1ccccc1. The van der Waals surface area contributed by atoms with Gasteiger partial charge < -0.3 is 0 Å². The number of benzene rings is 3. The van der Waals surface area contributed by atoms with Gasteiger partial charge in [0, 0.05) is 29.5 Å². The van der Waals surface area contributed by atoms with Crippen LogP contribution in [0.3, 0.4) is 0 Å². The summed E-state index contributed by atoms with van der Waals surface area (Å²) in [6.07, 6.45) is 7.11. The van der Waals surface area contributed by atoms with Crippen molar-refractivity contribution in [3.05, 3.63) is 143 Å². The number of anilines is 3. The average Bonchev–Trinajstić information content (AvgIpc) is 3.50. The van der Waals surface area contributed by atoms with E-state index in [1.807, 2.05) is 47.4 Å². The minimum Gasteiger partial charge on any atom is -0.288 e. The monoisotopic (exact) mass is 498 g/mol. The zero-order chi connectivity index (χ0) is 25.7. The quantitative estimate of drug-likeness (QED) is 0.286. The van der Waals surface area contributed by atoms with Crippen LogP contribution in [0.5, 0.6) is 0 Å². The lowest BCUT2D eigenvalue weighted by Gasteiger charge is -2.21. The fourth-order valence-electron chi connectivity index (χ4n) is 4.70.